The first-order valence-electron chi connectivity index (χ1n) is 10.6. The molecule has 1 aromatic carbocycles. The van der Waals surface area contributed by atoms with Crippen molar-refractivity contribution in [2.75, 3.05) is 30.4 Å². The van der Waals surface area contributed by atoms with Gasteiger partial charge in [0.25, 0.3) is 5.91 Å². The van der Waals surface area contributed by atoms with Gasteiger partial charge in [0.05, 0.1) is 6.04 Å². The summed E-state index contributed by atoms with van der Waals surface area (Å²) in [4.78, 5) is 19.3. The number of hydrogen-bond donors (Lipinski definition) is 4. The van der Waals surface area contributed by atoms with Gasteiger partial charge >= 0.3 is 0 Å². The molecule has 0 fully saturated rings. The second-order valence-corrected chi connectivity index (χ2v) is 8.06. The van der Waals surface area contributed by atoms with Crippen LogP contribution in [0.25, 0.3) is 0 Å². The van der Waals surface area contributed by atoms with Crippen LogP contribution in [-0.4, -0.2) is 48.4 Å². The molecule has 4 atom stereocenters. The van der Waals surface area contributed by atoms with Crippen LogP contribution in [0.3, 0.4) is 0 Å². The minimum Gasteiger partial charge on any atom is -0.374 e. The number of aromatic nitrogens is 1. The van der Waals surface area contributed by atoms with Crippen LogP contribution in [-0.2, 0) is 0 Å². The van der Waals surface area contributed by atoms with Crippen molar-refractivity contribution < 1.29 is 9.90 Å². The fraction of sp³-hybridized carbons (Fsp3) is 0.478. The average molecular weight is 412 g/mol. The Hall–Kier alpha value is -2.64. The van der Waals surface area contributed by atoms with Gasteiger partial charge in [-0.1, -0.05) is 13.0 Å². The minimum absolute atomic E-state index is 0.0376. The molecule has 4 N–H and O–H groups in total. The largest absolute Gasteiger partial charge is 0.374 e. The van der Waals surface area contributed by atoms with Crippen molar-refractivity contribution in [3.8, 4) is 0 Å². The molecule has 1 aliphatic rings. The number of amides is 1. The third-order valence-corrected chi connectivity index (χ3v) is 5.88. The number of carbonyl (C=O) groups excluding carboxylic acids is 1. The van der Waals surface area contributed by atoms with E-state index in [1.54, 1.807) is 6.92 Å². The van der Waals surface area contributed by atoms with Crippen LogP contribution in [0.5, 0.6) is 0 Å². The van der Waals surface area contributed by atoms with Crippen molar-refractivity contribution in [3.63, 3.8) is 0 Å². The average Bonchev–Trinajstić information content (AvgIpc) is 2.71. The molecular formula is C23H33N5O2. The number of carbonyl (C=O) groups is 1. The van der Waals surface area contributed by atoms with E-state index in [9.17, 15) is 9.90 Å². The summed E-state index contributed by atoms with van der Waals surface area (Å²) in [6, 6.07) is 11.7. The van der Waals surface area contributed by atoms with Crippen molar-refractivity contribution >= 4 is 17.4 Å². The first-order chi connectivity index (χ1) is 14.3. The van der Waals surface area contributed by atoms with Crippen molar-refractivity contribution in [3.05, 3.63) is 53.2 Å². The summed E-state index contributed by atoms with van der Waals surface area (Å²) >= 11 is 0. The van der Waals surface area contributed by atoms with E-state index in [1.807, 2.05) is 55.3 Å². The van der Waals surface area contributed by atoms with E-state index in [0.717, 1.165) is 22.8 Å². The van der Waals surface area contributed by atoms with Gasteiger partial charge in [0, 0.05) is 42.0 Å². The van der Waals surface area contributed by atoms with Gasteiger partial charge in [0.15, 0.2) is 0 Å². The lowest BCUT2D eigenvalue weighted by molar-refractivity contribution is 0.0954. The van der Waals surface area contributed by atoms with Crippen molar-refractivity contribution in [2.45, 2.75) is 46.0 Å². The molecule has 0 bridgehead atoms. The summed E-state index contributed by atoms with van der Waals surface area (Å²) in [7, 11) is 1.86. The topological polar surface area (TPSA) is 89.5 Å². The number of anilines is 2. The van der Waals surface area contributed by atoms with Gasteiger partial charge in [-0.2, -0.15) is 0 Å². The highest BCUT2D eigenvalue weighted by Gasteiger charge is 2.38. The zero-order chi connectivity index (χ0) is 21.8. The zero-order valence-corrected chi connectivity index (χ0v) is 18.4. The van der Waals surface area contributed by atoms with Crippen molar-refractivity contribution in [1.29, 1.82) is 0 Å². The number of fused-ring (bicyclic) bond motifs is 1. The maximum absolute atomic E-state index is 12.6. The molecule has 162 valence electrons. The Labute approximate surface area is 178 Å². The third kappa shape index (κ3) is 4.57. The first-order valence-corrected chi connectivity index (χ1v) is 10.6. The van der Waals surface area contributed by atoms with Gasteiger partial charge in [-0.3, -0.25) is 4.79 Å². The molecule has 2 heterocycles. The van der Waals surface area contributed by atoms with Crippen LogP contribution in [0, 0.1) is 12.8 Å². The van der Waals surface area contributed by atoms with Gasteiger partial charge in [-0.25, -0.2) is 4.98 Å². The minimum atomic E-state index is -0.630. The number of hydrogen-bond acceptors (Lipinski definition) is 6. The lowest BCUT2D eigenvalue weighted by atomic mass is 9.82. The molecule has 0 saturated carbocycles. The van der Waals surface area contributed by atoms with Crippen LogP contribution >= 0.6 is 0 Å². The highest BCUT2D eigenvalue weighted by atomic mass is 16.3. The highest BCUT2D eigenvalue weighted by Crippen LogP contribution is 2.43. The molecule has 1 amide bonds. The van der Waals surface area contributed by atoms with Crippen molar-refractivity contribution in [1.82, 2.24) is 15.6 Å². The summed E-state index contributed by atoms with van der Waals surface area (Å²) in [5.74, 6) is 0.881. The number of pyridine rings is 1. The molecule has 0 radical (unpaired) electrons. The molecular weight excluding hydrogens is 378 g/mol. The van der Waals surface area contributed by atoms with Gasteiger partial charge in [-0.15, -0.1) is 0 Å². The van der Waals surface area contributed by atoms with E-state index in [2.05, 4.69) is 34.8 Å². The summed E-state index contributed by atoms with van der Waals surface area (Å²) in [5.41, 5.74) is 3.49. The number of aryl methyl sites for hydroxylation is 1. The van der Waals surface area contributed by atoms with Crippen LogP contribution in [0.15, 0.2) is 36.4 Å². The number of nitrogens with one attached hydrogen (secondary N) is 3. The molecule has 2 unspecified atom stereocenters. The second kappa shape index (κ2) is 9.45. The molecule has 1 aliphatic heterocycles. The quantitative estimate of drug-likeness (QED) is 0.524. The summed E-state index contributed by atoms with van der Waals surface area (Å²) in [5, 5.41) is 20.0. The van der Waals surface area contributed by atoms with Crippen LogP contribution in [0.1, 0.15) is 48.4 Å². The van der Waals surface area contributed by atoms with Gasteiger partial charge in [0.2, 0.25) is 0 Å². The van der Waals surface area contributed by atoms with E-state index < -0.39 is 6.23 Å². The molecule has 0 saturated heterocycles. The zero-order valence-electron chi connectivity index (χ0n) is 18.4. The molecule has 3 rings (SSSR count). The molecule has 7 nitrogen and oxygen atoms in total. The Morgan fingerprint density at radius 2 is 2.00 bits per heavy atom. The molecule has 0 aliphatic carbocycles. The molecule has 1 aromatic heterocycles. The van der Waals surface area contributed by atoms with Crippen molar-refractivity contribution in [2.24, 2.45) is 5.92 Å². The number of aliphatic hydroxyl groups excluding tert-OH is 1. The van der Waals surface area contributed by atoms with Gasteiger partial charge in [-0.05, 0) is 63.7 Å². The maximum Gasteiger partial charge on any atom is 0.251 e. The van der Waals surface area contributed by atoms with Crippen LogP contribution in [0.2, 0.25) is 0 Å². The van der Waals surface area contributed by atoms with Crippen LogP contribution < -0.4 is 20.9 Å². The summed E-state index contributed by atoms with van der Waals surface area (Å²) < 4.78 is 0. The van der Waals surface area contributed by atoms with E-state index in [-0.39, 0.29) is 23.9 Å². The molecule has 2 aromatic rings. The number of likely N-dealkylation sites (N-methyl/N-ethyl adjacent to an activating group) is 1. The van der Waals surface area contributed by atoms with Gasteiger partial charge < -0.3 is 26.0 Å². The monoisotopic (exact) mass is 411 g/mol. The van der Waals surface area contributed by atoms with Gasteiger partial charge in [0.1, 0.15) is 12.0 Å². The second-order valence-electron chi connectivity index (χ2n) is 8.06. The first kappa shape index (κ1) is 22.1. The predicted molar refractivity (Wildman–Crippen MR) is 121 cm³/mol. The Balaban J connectivity index is 2.00. The smallest absolute Gasteiger partial charge is 0.251 e. The summed E-state index contributed by atoms with van der Waals surface area (Å²) in [6.45, 7) is 9.31. The Morgan fingerprint density at radius 1 is 1.23 bits per heavy atom. The Kier molecular flexibility index (Phi) is 6.95. The summed E-state index contributed by atoms with van der Waals surface area (Å²) in [6.07, 6.45) is -0.630. The predicted octanol–water partition coefficient (Wildman–Crippen LogP) is 2.68. The standard InChI is InChI=1S/C23H33N5O2/c1-14-7-6-8-21(26-14)27-22-15(2)16(3)28(17(4)29)20-10-9-18(13-19(20)22)23(30)25-12-11-24-5/h6-10,13,15-17,22,24,29H,11-12H2,1-5H3,(H,25,30)(H,26,27)/t15-,16-,17?,22?/m0/s1. The fourth-order valence-electron chi connectivity index (χ4n) is 4.15. The third-order valence-electron chi connectivity index (χ3n) is 5.88. The molecule has 30 heavy (non-hydrogen) atoms. The van der Waals surface area contributed by atoms with E-state index in [0.29, 0.717) is 18.7 Å². The number of nitrogens with zero attached hydrogens (tertiary/aromatic N) is 2. The lowest BCUT2D eigenvalue weighted by Gasteiger charge is -2.47. The number of benzene rings is 1. The molecule has 7 heteroatoms. The van der Waals surface area contributed by atoms with E-state index >= 15 is 0 Å². The maximum atomic E-state index is 12.6. The SMILES string of the molecule is CNCCNC(=O)c1ccc2c(c1)C(Nc1cccc(C)n1)[C@@H](C)[C@H](C)N2C(C)O. The lowest BCUT2D eigenvalue weighted by Crippen LogP contribution is -2.50. The van der Waals surface area contributed by atoms with Crippen LogP contribution in [0.4, 0.5) is 11.5 Å². The number of rotatable bonds is 7. The fourth-order valence-corrected chi connectivity index (χ4v) is 4.15. The Bertz CT molecular complexity index is 886. The molecule has 0 spiro atoms. The normalized spacial score (nSPS) is 21.7. The highest BCUT2D eigenvalue weighted by molar-refractivity contribution is 5.95. The number of aliphatic hydroxyl groups is 1. The Morgan fingerprint density at radius 3 is 2.67 bits per heavy atom. The van der Waals surface area contributed by atoms with E-state index in [4.69, 9.17) is 0 Å². The van der Waals surface area contributed by atoms with E-state index in [1.165, 1.54) is 0 Å².